The fourth-order valence-electron chi connectivity index (χ4n) is 5.91. The standard InChI is InChI=1S/C35H42N4O6/c1-38(20-23-8-11-36-28(14-23)25-16-30(40-2)34(44-6)31(17-25)41-3)27-10-13-39(22-27)21-24-9-12-37-29(15-24)26-18-32(42-4)35(45-7)33(19-26)43-5/h8-9,11-12,14-19,27H,10,13,20-22H2,1-7H3/t27-/m0/s1. The van der Waals surface area contributed by atoms with Crippen molar-refractivity contribution in [3.05, 3.63) is 72.1 Å². The van der Waals surface area contributed by atoms with E-state index in [1.807, 2.05) is 36.7 Å². The summed E-state index contributed by atoms with van der Waals surface area (Å²) in [4.78, 5) is 14.2. The van der Waals surface area contributed by atoms with Gasteiger partial charge in [-0.1, -0.05) is 0 Å². The number of rotatable bonds is 13. The first-order valence-corrected chi connectivity index (χ1v) is 14.8. The highest BCUT2D eigenvalue weighted by atomic mass is 16.5. The lowest BCUT2D eigenvalue weighted by Gasteiger charge is -2.25. The molecule has 0 amide bonds. The predicted molar refractivity (Wildman–Crippen MR) is 174 cm³/mol. The van der Waals surface area contributed by atoms with Crippen LogP contribution in [0.2, 0.25) is 0 Å². The van der Waals surface area contributed by atoms with Crippen LogP contribution in [-0.4, -0.2) is 88.6 Å². The quantitative estimate of drug-likeness (QED) is 0.191. The van der Waals surface area contributed by atoms with E-state index in [-0.39, 0.29) is 0 Å². The molecule has 238 valence electrons. The zero-order valence-corrected chi connectivity index (χ0v) is 27.1. The monoisotopic (exact) mass is 614 g/mol. The zero-order chi connectivity index (χ0) is 31.9. The van der Waals surface area contributed by atoms with Gasteiger partial charge in [0.25, 0.3) is 0 Å². The molecule has 0 spiro atoms. The van der Waals surface area contributed by atoms with E-state index in [1.54, 1.807) is 42.7 Å². The Kier molecular flexibility index (Phi) is 10.3. The molecule has 0 aliphatic carbocycles. The van der Waals surface area contributed by atoms with Gasteiger partial charge in [-0.15, -0.1) is 0 Å². The molecule has 1 aliphatic heterocycles. The van der Waals surface area contributed by atoms with Crippen molar-refractivity contribution in [2.45, 2.75) is 25.6 Å². The maximum atomic E-state index is 5.55. The van der Waals surface area contributed by atoms with Gasteiger partial charge in [0.05, 0.1) is 54.0 Å². The number of pyridine rings is 2. The summed E-state index contributed by atoms with van der Waals surface area (Å²) in [6.07, 6.45) is 4.83. The molecule has 1 fully saturated rings. The van der Waals surface area contributed by atoms with Crippen LogP contribution in [0.3, 0.4) is 0 Å². The Morgan fingerprint density at radius 2 is 1.13 bits per heavy atom. The highest BCUT2D eigenvalue weighted by molar-refractivity contribution is 5.70. The Bertz CT molecular complexity index is 1560. The van der Waals surface area contributed by atoms with Crippen LogP contribution in [-0.2, 0) is 13.1 Å². The summed E-state index contributed by atoms with van der Waals surface area (Å²) in [6, 6.07) is 16.6. The van der Waals surface area contributed by atoms with Crippen molar-refractivity contribution in [2.75, 3.05) is 62.8 Å². The van der Waals surface area contributed by atoms with Gasteiger partial charge in [0, 0.05) is 55.7 Å². The van der Waals surface area contributed by atoms with E-state index in [0.717, 1.165) is 55.1 Å². The molecule has 2 aromatic heterocycles. The maximum Gasteiger partial charge on any atom is 0.203 e. The third-order valence-electron chi connectivity index (χ3n) is 8.28. The van der Waals surface area contributed by atoms with Crippen LogP contribution in [0, 0.1) is 0 Å². The summed E-state index contributed by atoms with van der Waals surface area (Å²) in [5.74, 6) is 3.55. The van der Waals surface area contributed by atoms with E-state index < -0.39 is 0 Å². The van der Waals surface area contributed by atoms with Gasteiger partial charge in [-0.25, -0.2) is 0 Å². The molecule has 0 N–H and O–H groups in total. The molecule has 0 saturated carbocycles. The van der Waals surface area contributed by atoms with Crippen molar-refractivity contribution in [3.63, 3.8) is 0 Å². The van der Waals surface area contributed by atoms with Gasteiger partial charge in [0.15, 0.2) is 23.0 Å². The summed E-state index contributed by atoms with van der Waals surface area (Å²) < 4.78 is 33.2. The Hall–Kier alpha value is -4.54. The van der Waals surface area contributed by atoms with Gasteiger partial charge < -0.3 is 28.4 Å². The van der Waals surface area contributed by atoms with Gasteiger partial charge >= 0.3 is 0 Å². The third kappa shape index (κ3) is 7.08. The predicted octanol–water partition coefficient (Wildman–Crippen LogP) is 5.57. The fraction of sp³-hybridized carbons (Fsp3) is 0.371. The van der Waals surface area contributed by atoms with Crippen molar-refractivity contribution in [1.82, 2.24) is 19.8 Å². The molecule has 10 nitrogen and oxygen atoms in total. The molecule has 1 aliphatic rings. The Labute approximate surface area is 265 Å². The van der Waals surface area contributed by atoms with E-state index in [1.165, 1.54) is 11.1 Å². The second-order valence-electron chi connectivity index (χ2n) is 11.0. The van der Waals surface area contributed by atoms with Crippen molar-refractivity contribution < 1.29 is 28.4 Å². The van der Waals surface area contributed by atoms with E-state index in [4.69, 9.17) is 28.4 Å². The minimum Gasteiger partial charge on any atom is -0.493 e. The first kappa shape index (κ1) is 31.9. The van der Waals surface area contributed by atoms with Gasteiger partial charge in [0.2, 0.25) is 11.5 Å². The number of hydrogen-bond donors (Lipinski definition) is 0. The van der Waals surface area contributed by atoms with Gasteiger partial charge in [-0.2, -0.15) is 0 Å². The number of hydrogen-bond acceptors (Lipinski definition) is 10. The molecule has 2 aromatic carbocycles. The first-order chi connectivity index (χ1) is 21.9. The largest absolute Gasteiger partial charge is 0.493 e. The van der Waals surface area contributed by atoms with Crippen molar-refractivity contribution in [1.29, 1.82) is 0 Å². The van der Waals surface area contributed by atoms with Crippen LogP contribution in [0.5, 0.6) is 34.5 Å². The molecule has 5 rings (SSSR count). The Morgan fingerprint density at radius 3 is 1.60 bits per heavy atom. The van der Waals surface area contributed by atoms with Crippen LogP contribution in [0.4, 0.5) is 0 Å². The lowest BCUT2D eigenvalue weighted by Crippen LogP contribution is -2.34. The van der Waals surface area contributed by atoms with Crippen LogP contribution in [0.25, 0.3) is 22.5 Å². The zero-order valence-electron chi connectivity index (χ0n) is 27.1. The smallest absolute Gasteiger partial charge is 0.203 e. The number of methoxy groups -OCH3 is 6. The molecule has 4 aromatic rings. The molecule has 45 heavy (non-hydrogen) atoms. The maximum absolute atomic E-state index is 5.55. The molecule has 1 atom stereocenters. The summed E-state index contributed by atoms with van der Waals surface area (Å²) in [5, 5.41) is 0. The highest BCUT2D eigenvalue weighted by Gasteiger charge is 2.26. The number of nitrogens with zero attached hydrogens (tertiary/aromatic N) is 4. The lowest BCUT2D eigenvalue weighted by atomic mass is 10.1. The Morgan fingerprint density at radius 1 is 0.667 bits per heavy atom. The fourth-order valence-corrected chi connectivity index (χ4v) is 5.91. The minimum atomic E-state index is 0.444. The SMILES string of the molecule is COc1cc(-c2cc(CN3CC[C@H](N(C)Cc4ccnc(-c5cc(OC)c(OC)c(OC)c5)c4)C3)ccn2)cc(OC)c1OC. The highest BCUT2D eigenvalue weighted by Crippen LogP contribution is 2.42. The van der Waals surface area contributed by atoms with Gasteiger partial charge in [-0.3, -0.25) is 19.8 Å². The van der Waals surface area contributed by atoms with Crippen LogP contribution >= 0.6 is 0 Å². The average Bonchev–Trinajstić information content (AvgIpc) is 3.55. The summed E-state index contributed by atoms with van der Waals surface area (Å²) >= 11 is 0. The van der Waals surface area contributed by atoms with E-state index in [9.17, 15) is 0 Å². The molecule has 10 heteroatoms. The first-order valence-electron chi connectivity index (χ1n) is 14.8. The molecule has 0 unspecified atom stereocenters. The summed E-state index contributed by atoms with van der Waals surface area (Å²) in [6.45, 7) is 3.69. The summed E-state index contributed by atoms with van der Waals surface area (Å²) in [5.41, 5.74) is 5.94. The lowest BCUT2D eigenvalue weighted by molar-refractivity contribution is 0.222. The molecule has 0 bridgehead atoms. The van der Waals surface area contributed by atoms with Crippen molar-refractivity contribution in [2.24, 2.45) is 0 Å². The molecule has 3 heterocycles. The molecular weight excluding hydrogens is 572 g/mol. The number of likely N-dealkylation sites (tertiary alicyclic amines) is 1. The van der Waals surface area contributed by atoms with Crippen LogP contribution < -0.4 is 28.4 Å². The minimum absolute atomic E-state index is 0.444. The van der Waals surface area contributed by atoms with Crippen molar-refractivity contribution >= 4 is 0 Å². The van der Waals surface area contributed by atoms with Crippen LogP contribution in [0.1, 0.15) is 17.5 Å². The van der Waals surface area contributed by atoms with Crippen LogP contribution in [0.15, 0.2) is 60.9 Å². The third-order valence-corrected chi connectivity index (χ3v) is 8.28. The number of benzene rings is 2. The van der Waals surface area contributed by atoms with E-state index >= 15 is 0 Å². The number of likely N-dealkylation sites (N-methyl/N-ethyl adjacent to an activating group) is 1. The van der Waals surface area contributed by atoms with E-state index in [0.29, 0.717) is 40.5 Å². The molecular formula is C35H42N4O6. The van der Waals surface area contributed by atoms with Gasteiger partial charge in [0.1, 0.15) is 0 Å². The normalized spacial score (nSPS) is 14.8. The molecule has 1 saturated heterocycles. The summed E-state index contributed by atoms with van der Waals surface area (Å²) in [7, 11) is 11.9. The average molecular weight is 615 g/mol. The van der Waals surface area contributed by atoms with Gasteiger partial charge in [-0.05, 0) is 73.1 Å². The molecule has 0 radical (unpaired) electrons. The van der Waals surface area contributed by atoms with Crippen molar-refractivity contribution in [3.8, 4) is 57.0 Å². The second kappa shape index (κ2) is 14.5. The van der Waals surface area contributed by atoms with E-state index in [2.05, 4.69) is 51.1 Å². The number of ether oxygens (including phenoxy) is 6. The topological polar surface area (TPSA) is 87.6 Å². The second-order valence-corrected chi connectivity index (χ2v) is 11.0. The number of aromatic nitrogens is 2. The Balaban J connectivity index is 1.24.